The molecule has 1 aliphatic rings. The zero-order chi connectivity index (χ0) is 27.5. The molecule has 2 amide bonds. The number of nitrogens with zero attached hydrogens (tertiary/aromatic N) is 6. The van der Waals surface area contributed by atoms with E-state index in [-0.39, 0.29) is 17.7 Å². The molecule has 10 nitrogen and oxygen atoms in total. The number of hydrogen-bond donors (Lipinski definition) is 2. The maximum atomic E-state index is 13.9. The molecule has 5 aromatic rings. The minimum atomic E-state index is -0.702. The highest BCUT2D eigenvalue weighted by Crippen LogP contribution is 2.34. The average Bonchev–Trinajstić information content (AvgIpc) is 3.68. The van der Waals surface area contributed by atoms with E-state index < -0.39 is 6.04 Å². The first-order valence-electron chi connectivity index (χ1n) is 12.9. The summed E-state index contributed by atoms with van der Waals surface area (Å²) in [6.45, 7) is 0.459. The fourth-order valence-corrected chi connectivity index (χ4v) is 5.43. The van der Waals surface area contributed by atoms with Gasteiger partial charge in [-0.05, 0) is 71.3 Å². The molecule has 40 heavy (non-hydrogen) atoms. The van der Waals surface area contributed by atoms with E-state index in [1.807, 2.05) is 48.5 Å². The number of piperidine rings is 1. The Kier molecular flexibility index (Phi) is 7.07. The third-order valence-electron chi connectivity index (χ3n) is 7.11. The SMILES string of the molecule is O=C(Nc1ccc2[nH]ncc2c1)C1C(c2ccccc2)CCCN1C(=O)/C=C/c1cc(Cl)ccc1-n1cnnn1. The molecule has 0 spiro atoms. The molecule has 2 aromatic heterocycles. The van der Waals surface area contributed by atoms with Gasteiger partial charge in [0, 0.05) is 40.2 Å². The highest BCUT2D eigenvalue weighted by atomic mass is 35.5. The fraction of sp³-hybridized carbons (Fsp3) is 0.172. The lowest BCUT2D eigenvalue weighted by Gasteiger charge is -2.40. The number of H-pyrrole nitrogens is 1. The minimum absolute atomic E-state index is 0.159. The Bertz CT molecular complexity index is 1680. The van der Waals surface area contributed by atoms with Gasteiger partial charge in [-0.15, -0.1) is 5.10 Å². The number of nitrogens with one attached hydrogen (secondary N) is 2. The van der Waals surface area contributed by atoms with Crippen molar-refractivity contribution in [2.45, 2.75) is 24.8 Å². The van der Waals surface area contributed by atoms with Gasteiger partial charge in [-0.3, -0.25) is 14.7 Å². The summed E-state index contributed by atoms with van der Waals surface area (Å²) in [5, 5.41) is 22.8. The molecular weight excluding hydrogens is 528 g/mol. The smallest absolute Gasteiger partial charge is 0.247 e. The van der Waals surface area contributed by atoms with Crippen LogP contribution in [0.1, 0.15) is 29.9 Å². The number of tetrazole rings is 1. The predicted molar refractivity (Wildman–Crippen MR) is 152 cm³/mol. The summed E-state index contributed by atoms with van der Waals surface area (Å²) in [6, 6.07) is 20.0. The van der Waals surface area contributed by atoms with Crippen LogP contribution in [0, 0.1) is 0 Å². The van der Waals surface area contributed by atoms with Crippen LogP contribution >= 0.6 is 11.6 Å². The first-order valence-corrected chi connectivity index (χ1v) is 13.3. The monoisotopic (exact) mass is 552 g/mol. The molecule has 1 fully saturated rings. The lowest BCUT2D eigenvalue weighted by molar-refractivity contribution is -0.137. The van der Waals surface area contributed by atoms with Crippen molar-refractivity contribution < 1.29 is 9.59 Å². The van der Waals surface area contributed by atoms with Gasteiger partial charge < -0.3 is 10.2 Å². The zero-order valence-corrected chi connectivity index (χ0v) is 22.1. The van der Waals surface area contributed by atoms with Crippen LogP contribution in [0.5, 0.6) is 0 Å². The van der Waals surface area contributed by atoms with Crippen molar-refractivity contribution in [2.24, 2.45) is 0 Å². The first kappa shape index (κ1) is 25.4. The minimum Gasteiger partial charge on any atom is -0.326 e. The van der Waals surface area contributed by atoms with Crippen LogP contribution < -0.4 is 5.32 Å². The molecule has 0 bridgehead atoms. The molecule has 2 atom stereocenters. The number of halogens is 1. The van der Waals surface area contributed by atoms with E-state index in [0.29, 0.717) is 28.5 Å². The van der Waals surface area contributed by atoms with Crippen LogP contribution in [0.25, 0.3) is 22.7 Å². The number of likely N-dealkylation sites (tertiary alicyclic amines) is 1. The van der Waals surface area contributed by atoms with Crippen LogP contribution in [0.3, 0.4) is 0 Å². The van der Waals surface area contributed by atoms with Gasteiger partial charge in [0.2, 0.25) is 11.8 Å². The molecule has 2 unspecified atom stereocenters. The number of aromatic nitrogens is 6. The van der Waals surface area contributed by atoms with Gasteiger partial charge in [0.1, 0.15) is 12.4 Å². The quantitative estimate of drug-likeness (QED) is 0.296. The van der Waals surface area contributed by atoms with Crippen molar-refractivity contribution in [2.75, 3.05) is 11.9 Å². The Morgan fingerprint density at radius 2 is 1.95 bits per heavy atom. The second-order valence-electron chi connectivity index (χ2n) is 9.59. The van der Waals surface area contributed by atoms with Crippen molar-refractivity contribution in [3.05, 3.63) is 101 Å². The molecule has 0 saturated carbocycles. The summed E-state index contributed by atoms with van der Waals surface area (Å²) in [6.07, 6.45) is 7.89. The van der Waals surface area contributed by atoms with Crippen molar-refractivity contribution in [1.29, 1.82) is 0 Å². The summed E-state index contributed by atoms with van der Waals surface area (Å²) in [5.74, 6) is -0.670. The van der Waals surface area contributed by atoms with E-state index >= 15 is 0 Å². The van der Waals surface area contributed by atoms with E-state index in [1.54, 1.807) is 35.4 Å². The number of rotatable bonds is 6. The fourth-order valence-electron chi connectivity index (χ4n) is 5.25. The van der Waals surface area contributed by atoms with Crippen molar-refractivity contribution >= 4 is 46.1 Å². The standard InChI is InChI=1S/C29H25ClN8O2/c30-22-9-12-26(38-18-32-35-36-38)20(15-22)8-13-27(39)37-14-4-7-24(19-5-2-1-3-6-19)28(37)29(40)33-23-10-11-25-21(16-23)17-31-34-25/h1-3,5-6,8-13,15-18,24,28H,4,7,14H2,(H,31,34)(H,33,40)/b13-8+. The lowest BCUT2D eigenvalue weighted by Crippen LogP contribution is -2.53. The molecule has 1 aliphatic heterocycles. The summed E-state index contributed by atoms with van der Waals surface area (Å²) in [7, 11) is 0. The Balaban J connectivity index is 1.31. The zero-order valence-electron chi connectivity index (χ0n) is 21.3. The molecule has 1 saturated heterocycles. The largest absolute Gasteiger partial charge is 0.326 e. The lowest BCUT2D eigenvalue weighted by atomic mass is 9.82. The van der Waals surface area contributed by atoms with E-state index in [4.69, 9.17) is 11.6 Å². The molecule has 0 aliphatic carbocycles. The third-order valence-corrected chi connectivity index (χ3v) is 7.34. The summed E-state index contributed by atoms with van der Waals surface area (Å²) >= 11 is 6.25. The Morgan fingerprint density at radius 3 is 2.77 bits per heavy atom. The maximum absolute atomic E-state index is 13.9. The van der Waals surface area contributed by atoms with Gasteiger partial charge in [0.15, 0.2) is 0 Å². The van der Waals surface area contributed by atoms with Gasteiger partial charge in [-0.1, -0.05) is 41.9 Å². The number of carbonyl (C=O) groups is 2. The molecule has 2 N–H and O–H groups in total. The van der Waals surface area contributed by atoms with Crippen molar-refractivity contribution in [1.82, 2.24) is 35.3 Å². The van der Waals surface area contributed by atoms with Gasteiger partial charge in [0.25, 0.3) is 0 Å². The highest BCUT2D eigenvalue weighted by molar-refractivity contribution is 6.30. The maximum Gasteiger partial charge on any atom is 0.247 e. The van der Waals surface area contributed by atoms with E-state index in [1.165, 1.54) is 17.1 Å². The van der Waals surface area contributed by atoms with Crippen molar-refractivity contribution in [3.8, 4) is 5.69 Å². The molecule has 200 valence electrons. The molecule has 3 aromatic carbocycles. The summed E-state index contributed by atoms with van der Waals surface area (Å²) < 4.78 is 1.50. The van der Waals surface area contributed by atoms with Gasteiger partial charge in [0.05, 0.1) is 17.4 Å². The number of hydrogen-bond acceptors (Lipinski definition) is 6. The van der Waals surface area contributed by atoms with Crippen LogP contribution in [-0.4, -0.2) is 59.7 Å². The van der Waals surface area contributed by atoms with Gasteiger partial charge in [-0.25, -0.2) is 0 Å². The predicted octanol–water partition coefficient (Wildman–Crippen LogP) is 4.62. The number of benzene rings is 3. The number of fused-ring (bicyclic) bond motifs is 1. The Labute approximate surface area is 234 Å². The third kappa shape index (κ3) is 5.21. The number of anilines is 1. The topological polar surface area (TPSA) is 122 Å². The van der Waals surface area contributed by atoms with E-state index in [0.717, 1.165) is 29.3 Å². The number of amides is 2. The normalized spacial score (nSPS) is 17.4. The molecular formula is C29H25ClN8O2. The van der Waals surface area contributed by atoms with Crippen LogP contribution in [0.15, 0.2) is 85.3 Å². The van der Waals surface area contributed by atoms with Gasteiger partial charge >= 0.3 is 0 Å². The second-order valence-corrected chi connectivity index (χ2v) is 10.0. The summed E-state index contributed by atoms with van der Waals surface area (Å²) in [5.41, 5.74) is 3.87. The Hall–Kier alpha value is -4.83. The van der Waals surface area contributed by atoms with Crippen LogP contribution in [0.4, 0.5) is 5.69 Å². The molecule has 3 heterocycles. The average molecular weight is 553 g/mol. The van der Waals surface area contributed by atoms with Crippen LogP contribution in [-0.2, 0) is 9.59 Å². The molecule has 11 heteroatoms. The molecule has 0 radical (unpaired) electrons. The van der Waals surface area contributed by atoms with Gasteiger partial charge in [-0.2, -0.15) is 9.78 Å². The van der Waals surface area contributed by atoms with E-state index in [2.05, 4.69) is 31.0 Å². The summed E-state index contributed by atoms with van der Waals surface area (Å²) in [4.78, 5) is 29.2. The first-order chi connectivity index (χ1) is 19.6. The highest BCUT2D eigenvalue weighted by Gasteiger charge is 2.39. The number of aromatic amines is 1. The molecule has 6 rings (SSSR count). The Morgan fingerprint density at radius 1 is 1.07 bits per heavy atom. The van der Waals surface area contributed by atoms with Crippen LogP contribution in [0.2, 0.25) is 5.02 Å². The van der Waals surface area contributed by atoms with E-state index in [9.17, 15) is 9.59 Å². The number of carbonyl (C=O) groups excluding carboxylic acids is 2. The second kappa shape index (κ2) is 11.1. The van der Waals surface area contributed by atoms with Crippen molar-refractivity contribution in [3.63, 3.8) is 0 Å².